The zero-order valence-electron chi connectivity index (χ0n) is 14.1. The van der Waals surface area contributed by atoms with Crippen molar-refractivity contribution in [3.05, 3.63) is 47.5 Å². The summed E-state index contributed by atoms with van der Waals surface area (Å²) in [6.07, 6.45) is 2.64. The lowest BCUT2D eigenvalue weighted by Crippen LogP contribution is -2.35. The van der Waals surface area contributed by atoms with Crippen molar-refractivity contribution in [2.24, 2.45) is 5.92 Å². The Hall–Kier alpha value is -1.61. The highest BCUT2D eigenvalue weighted by molar-refractivity contribution is 5.83. The van der Waals surface area contributed by atoms with Gasteiger partial charge in [0.05, 0.1) is 0 Å². The highest BCUT2D eigenvalue weighted by Gasteiger charge is 2.23. The topological polar surface area (TPSA) is 29.5 Å². The number of carbonyl (C=O) groups is 1. The lowest BCUT2D eigenvalue weighted by molar-refractivity contribution is -0.148. The smallest absolute Gasteiger partial charge is 0.331 e. The molecule has 2 rings (SSSR count). The Morgan fingerprint density at radius 3 is 2.59 bits per heavy atom. The first-order chi connectivity index (χ1) is 10.3. The largest absolute Gasteiger partial charge is 0.457 e. The van der Waals surface area contributed by atoms with Crippen LogP contribution in [0.1, 0.15) is 39.7 Å². The van der Waals surface area contributed by atoms with Crippen LogP contribution in [-0.4, -0.2) is 29.6 Å². The molecule has 0 aliphatic carbocycles. The molecular formula is C19H27NO2. The summed E-state index contributed by atoms with van der Waals surface area (Å²) in [4.78, 5) is 14.4. The van der Waals surface area contributed by atoms with E-state index in [0.29, 0.717) is 5.92 Å². The zero-order valence-corrected chi connectivity index (χ0v) is 14.1. The van der Waals surface area contributed by atoms with Crippen LogP contribution in [0.3, 0.4) is 0 Å². The monoisotopic (exact) mass is 301 g/mol. The van der Waals surface area contributed by atoms with Gasteiger partial charge in [-0.25, -0.2) is 4.79 Å². The molecule has 1 unspecified atom stereocenters. The van der Waals surface area contributed by atoms with E-state index in [1.54, 1.807) is 6.08 Å². The third-order valence-electron chi connectivity index (χ3n) is 3.84. The number of hydrogen-bond acceptors (Lipinski definition) is 3. The molecule has 0 radical (unpaired) electrons. The molecule has 3 heteroatoms. The molecule has 1 atom stereocenters. The molecule has 3 nitrogen and oxygen atoms in total. The fourth-order valence-corrected chi connectivity index (χ4v) is 2.81. The maximum Gasteiger partial charge on any atom is 0.331 e. The number of piperidine rings is 1. The Balaban J connectivity index is 1.91. The van der Waals surface area contributed by atoms with Crippen molar-refractivity contribution in [2.45, 2.75) is 46.3 Å². The second-order valence-electron chi connectivity index (χ2n) is 7.12. The van der Waals surface area contributed by atoms with E-state index in [2.05, 4.69) is 36.1 Å². The Labute approximate surface area is 134 Å². The van der Waals surface area contributed by atoms with Gasteiger partial charge in [-0.2, -0.15) is 0 Å². The predicted octanol–water partition coefficient (Wildman–Crippen LogP) is 3.80. The maximum atomic E-state index is 11.9. The van der Waals surface area contributed by atoms with Gasteiger partial charge in [0.1, 0.15) is 5.60 Å². The Kier molecular flexibility index (Phi) is 5.41. The van der Waals surface area contributed by atoms with Gasteiger partial charge in [0.2, 0.25) is 0 Å². The van der Waals surface area contributed by atoms with Gasteiger partial charge in [0.25, 0.3) is 0 Å². The lowest BCUT2D eigenvalue weighted by atomic mass is 9.92. The predicted molar refractivity (Wildman–Crippen MR) is 89.4 cm³/mol. The van der Waals surface area contributed by atoms with Gasteiger partial charge in [0.15, 0.2) is 0 Å². The normalized spacial score (nSPS) is 21.8. The summed E-state index contributed by atoms with van der Waals surface area (Å²) >= 11 is 0. The summed E-state index contributed by atoms with van der Waals surface area (Å²) in [6, 6.07) is 10.5. The fourth-order valence-electron chi connectivity index (χ4n) is 2.81. The fraction of sp³-hybridized carbons (Fsp3) is 0.526. The first-order valence-electron chi connectivity index (χ1n) is 8.03. The van der Waals surface area contributed by atoms with Crippen molar-refractivity contribution in [1.29, 1.82) is 0 Å². The molecule has 1 aliphatic heterocycles. The van der Waals surface area contributed by atoms with Crippen molar-refractivity contribution < 1.29 is 9.53 Å². The van der Waals surface area contributed by atoms with Crippen LogP contribution in [0.5, 0.6) is 0 Å². The second-order valence-corrected chi connectivity index (χ2v) is 7.12. The average molecular weight is 301 g/mol. The molecule has 0 N–H and O–H groups in total. The van der Waals surface area contributed by atoms with E-state index in [-0.39, 0.29) is 5.97 Å². The molecular weight excluding hydrogens is 274 g/mol. The van der Waals surface area contributed by atoms with Crippen LogP contribution in [0.15, 0.2) is 42.0 Å². The quantitative estimate of drug-likeness (QED) is 0.628. The van der Waals surface area contributed by atoms with E-state index in [4.69, 9.17) is 4.74 Å². The van der Waals surface area contributed by atoms with E-state index in [9.17, 15) is 4.79 Å². The minimum Gasteiger partial charge on any atom is -0.457 e. The molecule has 22 heavy (non-hydrogen) atoms. The van der Waals surface area contributed by atoms with Crippen LogP contribution in [0.2, 0.25) is 0 Å². The van der Waals surface area contributed by atoms with Crippen LogP contribution in [0, 0.1) is 5.92 Å². The third kappa shape index (κ3) is 5.30. The Bertz CT molecular complexity index is 528. The first kappa shape index (κ1) is 16.8. The molecule has 1 aromatic carbocycles. The van der Waals surface area contributed by atoms with Crippen LogP contribution in [0.25, 0.3) is 0 Å². The number of benzene rings is 1. The van der Waals surface area contributed by atoms with Gasteiger partial charge >= 0.3 is 5.97 Å². The van der Waals surface area contributed by atoms with E-state index >= 15 is 0 Å². The van der Waals surface area contributed by atoms with Crippen molar-refractivity contribution in [1.82, 2.24) is 4.90 Å². The van der Waals surface area contributed by atoms with Crippen molar-refractivity contribution in [3.8, 4) is 0 Å². The number of likely N-dealkylation sites (tertiary alicyclic amines) is 1. The molecule has 1 heterocycles. The summed E-state index contributed by atoms with van der Waals surface area (Å²) in [7, 11) is 0. The highest BCUT2D eigenvalue weighted by atomic mass is 16.6. The Morgan fingerprint density at radius 1 is 1.32 bits per heavy atom. The van der Waals surface area contributed by atoms with Crippen molar-refractivity contribution in [2.75, 3.05) is 13.1 Å². The van der Waals surface area contributed by atoms with E-state index < -0.39 is 5.60 Å². The van der Waals surface area contributed by atoms with E-state index in [1.165, 1.54) is 11.1 Å². The average Bonchev–Trinajstić information content (AvgIpc) is 2.41. The molecule has 0 amide bonds. The molecule has 0 saturated carbocycles. The lowest BCUT2D eigenvalue weighted by Gasteiger charge is -2.33. The van der Waals surface area contributed by atoms with Gasteiger partial charge in [-0.05, 0) is 38.7 Å². The molecule has 120 valence electrons. The SMILES string of the molecule is CC1CN(Cc2ccccc2)CC/C1=C\C(=O)OC(C)(C)C. The number of nitrogens with zero attached hydrogens (tertiary/aromatic N) is 1. The second kappa shape index (κ2) is 7.10. The van der Waals surface area contributed by atoms with Gasteiger partial charge < -0.3 is 4.74 Å². The molecule has 1 aliphatic rings. The standard InChI is InChI=1S/C19H27NO2/c1-15-13-20(14-16-8-6-5-7-9-16)11-10-17(15)12-18(21)22-19(2,3)4/h5-9,12,15H,10-11,13-14H2,1-4H3/b17-12+. The summed E-state index contributed by atoms with van der Waals surface area (Å²) in [5, 5.41) is 0. The van der Waals surface area contributed by atoms with Crippen LogP contribution in [-0.2, 0) is 16.1 Å². The highest BCUT2D eigenvalue weighted by Crippen LogP contribution is 2.24. The number of carbonyl (C=O) groups excluding carboxylic acids is 1. The summed E-state index contributed by atoms with van der Waals surface area (Å²) in [6.45, 7) is 10.8. The molecule has 0 aromatic heterocycles. The van der Waals surface area contributed by atoms with E-state index in [1.807, 2.05) is 26.8 Å². The van der Waals surface area contributed by atoms with E-state index in [0.717, 1.165) is 26.1 Å². The molecule has 1 aromatic rings. The molecule has 1 saturated heterocycles. The zero-order chi connectivity index (χ0) is 16.2. The van der Waals surface area contributed by atoms with Crippen molar-refractivity contribution >= 4 is 5.97 Å². The minimum atomic E-state index is -0.425. The van der Waals surface area contributed by atoms with Gasteiger partial charge in [0, 0.05) is 25.7 Å². The van der Waals surface area contributed by atoms with Crippen LogP contribution < -0.4 is 0 Å². The van der Waals surface area contributed by atoms with Crippen molar-refractivity contribution in [3.63, 3.8) is 0 Å². The number of hydrogen-bond donors (Lipinski definition) is 0. The van der Waals surface area contributed by atoms with Crippen LogP contribution in [0.4, 0.5) is 0 Å². The summed E-state index contributed by atoms with van der Waals surface area (Å²) in [5.41, 5.74) is 2.12. The Morgan fingerprint density at radius 2 is 2.00 bits per heavy atom. The van der Waals surface area contributed by atoms with Gasteiger partial charge in [-0.15, -0.1) is 0 Å². The van der Waals surface area contributed by atoms with Crippen LogP contribution >= 0.6 is 0 Å². The number of rotatable bonds is 3. The summed E-state index contributed by atoms with van der Waals surface area (Å²) < 4.78 is 5.38. The summed E-state index contributed by atoms with van der Waals surface area (Å²) in [5.74, 6) is 0.177. The number of esters is 1. The molecule has 0 spiro atoms. The molecule has 1 fully saturated rings. The third-order valence-corrected chi connectivity index (χ3v) is 3.84. The first-order valence-corrected chi connectivity index (χ1v) is 8.03. The number of ether oxygens (including phenoxy) is 1. The van der Waals surface area contributed by atoms with Gasteiger partial charge in [-0.3, -0.25) is 4.90 Å². The maximum absolute atomic E-state index is 11.9. The molecule has 0 bridgehead atoms. The minimum absolute atomic E-state index is 0.217. The van der Waals surface area contributed by atoms with Gasteiger partial charge in [-0.1, -0.05) is 42.8 Å².